The Morgan fingerprint density at radius 1 is 1.26 bits per heavy atom. The fourth-order valence-corrected chi connectivity index (χ4v) is 2.46. The van der Waals surface area contributed by atoms with Crippen molar-refractivity contribution < 1.29 is 4.79 Å². The standard InChI is InChI=1S/C14H21N3O.ClH/c15-14(7-2-1-3-8-14)13(18)17-11-6-12-4-9-16-10-5-12;/h4-5,9-10H,1-3,6-8,11,15H2,(H,17,18);1H. The Balaban J connectivity index is 0.00000180. The maximum absolute atomic E-state index is 12.1. The molecule has 1 fully saturated rings. The molecule has 0 atom stereocenters. The molecule has 0 bridgehead atoms. The zero-order valence-corrected chi connectivity index (χ0v) is 11.9. The van der Waals surface area contributed by atoms with Gasteiger partial charge in [-0.1, -0.05) is 19.3 Å². The van der Waals surface area contributed by atoms with Crippen molar-refractivity contribution in [3.8, 4) is 0 Å². The minimum Gasteiger partial charge on any atom is -0.354 e. The Morgan fingerprint density at radius 2 is 1.89 bits per heavy atom. The molecule has 1 aromatic rings. The van der Waals surface area contributed by atoms with Gasteiger partial charge in [-0.25, -0.2) is 0 Å². The van der Waals surface area contributed by atoms with E-state index in [9.17, 15) is 4.79 Å². The van der Waals surface area contributed by atoms with Crippen LogP contribution in [0.25, 0.3) is 0 Å². The lowest BCUT2D eigenvalue weighted by Gasteiger charge is -2.31. The molecule has 0 unspecified atom stereocenters. The smallest absolute Gasteiger partial charge is 0.240 e. The highest BCUT2D eigenvalue weighted by molar-refractivity contribution is 5.86. The number of amides is 1. The molecule has 0 aliphatic heterocycles. The quantitative estimate of drug-likeness (QED) is 0.886. The predicted octanol–water partition coefficient (Wildman–Crippen LogP) is 1.82. The van der Waals surface area contributed by atoms with Crippen molar-refractivity contribution in [3.63, 3.8) is 0 Å². The number of nitrogens with one attached hydrogen (secondary N) is 1. The van der Waals surface area contributed by atoms with E-state index >= 15 is 0 Å². The third-order valence-corrected chi connectivity index (χ3v) is 3.65. The van der Waals surface area contributed by atoms with E-state index in [1.54, 1.807) is 12.4 Å². The number of pyridine rings is 1. The summed E-state index contributed by atoms with van der Waals surface area (Å²) in [6.07, 6.45) is 9.31. The number of aromatic nitrogens is 1. The molecule has 19 heavy (non-hydrogen) atoms. The van der Waals surface area contributed by atoms with Crippen LogP contribution in [0.1, 0.15) is 37.7 Å². The lowest BCUT2D eigenvalue weighted by molar-refractivity contribution is -0.127. The van der Waals surface area contributed by atoms with Crippen LogP contribution >= 0.6 is 12.4 Å². The molecular weight excluding hydrogens is 262 g/mol. The van der Waals surface area contributed by atoms with Gasteiger partial charge < -0.3 is 11.1 Å². The Hall–Kier alpha value is -1.13. The Kier molecular flexibility index (Phi) is 6.25. The number of nitrogens with two attached hydrogens (primary N) is 1. The number of halogens is 1. The second-order valence-electron chi connectivity index (χ2n) is 5.08. The summed E-state index contributed by atoms with van der Waals surface area (Å²) in [4.78, 5) is 16.0. The molecule has 1 heterocycles. The topological polar surface area (TPSA) is 68.0 Å². The van der Waals surface area contributed by atoms with Crippen molar-refractivity contribution in [2.45, 2.75) is 44.1 Å². The van der Waals surface area contributed by atoms with Crippen LogP contribution in [-0.4, -0.2) is 23.0 Å². The number of nitrogens with zero attached hydrogens (tertiary/aromatic N) is 1. The first-order chi connectivity index (χ1) is 8.71. The highest BCUT2D eigenvalue weighted by atomic mass is 35.5. The van der Waals surface area contributed by atoms with Gasteiger partial charge in [-0.15, -0.1) is 12.4 Å². The van der Waals surface area contributed by atoms with Crippen LogP contribution in [0.15, 0.2) is 24.5 Å². The molecule has 1 aromatic heterocycles. The Morgan fingerprint density at radius 3 is 2.53 bits per heavy atom. The van der Waals surface area contributed by atoms with Gasteiger partial charge in [0.25, 0.3) is 0 Å². The van der Waals surface area contributed by atoms with Gasteiger partial charge in [-0.2, -0.15) is 0 Å². The lowest BCUT2D eigenvalue weighted by atomic mass is 9.82. The monoisotopic (exact) mass is 283 g/mol. The average Bonchev–Trinajstić information content (AvgIpc) is 2.41. The van der Waals surface area contributed by atoms with Gasteiger partial charge >= 0.3 is 0 Å². The molecular formula is C14H22ClN3O. The number of carbonyl (C=O) groups is 1. The van der Waals surface area contributed by atoms with E-state index in [2.05, 4.69) is 10.3 Å². The van der Waals surface area contributed by atoms with Gasteiger partial charge in [0.05, 0.1) is 5.54 Å². The van der Waals surface area contributed by atoms with Crippen molar-refractivity contribution in [3.05, 3.63) is 30.1 Å². The maximum Gasteiger partial charge on any atom is 0.240 e. The van der Waals surface area contributed by atoms with Crippen LogP contribution in [0, 0.1) is 0 Å². The second kappa shape index (κ2) is 7.46. The summed E-state index contributed by atoms with van der Waals surface area (Å²) >= 11 is 0. The van der Waals surface area contributed by atoms with E-state index in [0.29, 0.717) is 6.54 Å². The second-order valence-corrected chi connectivity index (χ2v) is 5.08. The van der Waals surface area contributed by atoms with E-state index < -0.39 is 5.54 Å². The van der Waals surface area contributed by atoms with Gasteiger partial charge in [0, 0.05) is 18.9 Å². The van der Waals surface area contributed by atoms with Crippen LogP contribution in [0.3, 0.4) is 0 Å². The molecule has 3 N–H and O–H groups in total. The summed E-state index contributed by atoms with van der Waals surface area (Å²) in [5, 5.41) is 2.96. The molecule has 2 rings (SSSR count). The highest BCUT2D eigenvalue weighted by Crippen LogP contribution is 2.25. The molecule has 1 aliphatic rings. The fraction of sp³-hybridized carbons (Fsp3) is 0.571. The van der Waals surface area contributed by atoms with Gasteiger partial charge in [0.2, 0.25) is 5.91 Å². The minimum absolute atomic E-state index is 0. The zero-order valence-electron chi connectivity index (χ0n) is 11.1. The molecule has 0 aromatic carbocycles. The summed E-state index contributed by atoms with van der Waals surface area (Å²) in [6, 6.07) is 3.93. The first-order valence-corrected chi connectivity index (χ1v) is 6.67. The molecule has 1 saturated carbocycles. The predicted molar refractivity (Wildman–Crippen MR) is 78.2 cm³/mol. The fourth-order valence-electron chi connectivity index (χ4n) is 2.46. The van der Waals surface area contributed by atoms with E-state index in [-0.39, 0.29) is 18.3 Å². The summed E-state index contributed by atoms with van der Waals surface area (Å²) in [5.74, 6) is 0.0104. The SMILES string of the molecule is Cl.NC1(C(=O)NCCc2ccncc2)CCCCC1. The van der Waals surface area contributed by atoms with Gasteiger partial charge in [-0.05, 0) is 37.0 Å². The number of carbonyl (C=O) groups excluding carboxylic acids is 1. The van der Waals surface area contributed by atoms with E-state index in [0.717, 1.165) is 32.1 Å². The molecule has 0 spiro atoms. The van der Waals surface area contributed by atoms with Gasteiger partial charge in [-0.3, -0.25) is 9.78 Å². The molecule has 1 amide bonds. The highest BCUT2D eigenvalue weighted by Gasteiger charge is 2.34. The van der Waals surface area contributed by atoms with Gasteiger partial charge in [0.15, 0.2) is 0 Å². The van der Waals surface area contributed by atoms with E-state index in [1.165, 1.54) is 12.0 Å². The van der Waals surface area contributed by atoms with Crippen molar-refractivity contribution >= 4 is 18.3 Å². The van der Waals surface area contributed by atoms with E-state index in [4.69, 9.17) is 5.73 Å². The molecule has 0 radical (unpaired) electrons. The number of hydrogen-bond donors (Lipinski definition) is 2. The Bertz CT molecular complexity index is 391. The van der Waals surface area contributed by atoms with Crippen molar-refractivity contribution in [2.24, 2.45) is 5.73 Å². The summed E-state index contributed by atoms with van der Waals surface area (Å²) in [5.41, 5.74) is 6.71. The lowest BCUT2D eigenvalue weighted by Crippen LogP contribution is -2.55. The van der Waals surface area contributed by atoms with Gasteiger partial charge in [0.1, 0.15) is 0 Å². The normalized spacial score (nSPS) is 17.3. The molecule has 1 aliphatic carbocycles. The van der Waals surface area contributed by atoms with Crippen molar-refractivity contribution in [2.75, 3.05) is 6.54 Å². The molecule has 0 saturated heterocycles. The zero-order chi connectivity index (χ0) is 12.8. The Labute approximate surface area is 120 Å². The van der Waals surface area contributed by atoms with Crippen LogP contribution in [0.2, 0.25) is 0 Å². The summed E-state index contributed by atoms with van der Waals surface area (Å²) in [7, 11) is 0. The third-order valence-electron chi connectivity index (χ3n) is 3.65. The van der Waals surface area contributed by atoms with Crippen molar-refractivity contribution in [1.29, 1.82) is 0 Å². The summed E-state index contributed by atoms with van der Waals surface area (Å²) < 4.78 is 0. The first kappa shape index (κ1) is 15.9. The third kappa shape index (κ3) is 4.48. The first-order valence-electron chi connectivity index (χ1n) is 6.67. The van der Waals surface area contributed by atoms with Crippen LogP contribution < -0.4 is 11.1 Å². The minimum atomic E-state index is -0.628. The van der Waals surface area contributed by atoms with Crippen LogP contribution in [0.4, 0.5) is 0 Å². The summed E-state index contributed by atoms with van der Waals surface area (Å²) in [6.45, 7) is 0.641. The average molecular weight is 284 g/mol. The van der Waals surface area contributed by atoms with Crippen LogP contribution in [-0.2, 0) is 11.2 Å². The maximum atomic E-state index is 12.1. The molecule has 106 valence electrons. The van der Waals surface area contributed by atoms with Crippen molar-refractivity contribution in [1.82, 2.24) is 10.3 Å². The number of rotatable bonds is 4. The van der Waals surface area contributed by atoms with Crippen LogP contribution in [0.5, 0.6) is 0 Å². The van der Waals surface area contributed by atoms with E-state index in [1.807, 2.05) is 12.1 Å². The molecule has 5 heteroatoms. The number of hydrogen-bond acceptors (Lipinski definition) is 3. The largest absolute Gasteiger partial charge is 0.354 e. The molecule has 4 nitrogen and oxygen atoms in total.